The topological polar surface area (TPSA) is 71.9 Å². The van der Waals surface area contributed by atoms with E-state index >= 15 is 0 Å². The summed E-state index contributed by atoms with van der Waals surface area (Å²) in [6.45, 7) is 3.94. The van der Waals surface area contributed by atoms with Gasteiger partial charge in [0.1, 0.15) is 0 Å². The van der Waals surface area contributed by atoms with E-state index < -0.39 is 0 Å². The maximum atomic E-state index is 13.0. The van der Waals surface area contributed by atoms with Gasteiger partial charge in [-0.25, -0.2) is 15.0 Å². The van der Waals surface area contributed by atoms with Crippen molar-refractivity contribution < 1.29 is 4.79 Å². The fourth-order valence-electron chi connectivity index (χ4n) is 3.35. The molecule has 0 aliphatic rings. The second-order valence-corrected chi connectivity index (χ2v) is 7.22. The van der Waals surface area contributed by atoms with Gasteiger partial charge in [0.05, 0.1) is 16.8 Å². The molecule has 144 valence electrons. The molecule has 4 rings (SSSR count). The molecule has 0 bridgehead atoms. The highest BCUT2D eigenvalue weighted by molar-refractivity contribution is 6.08. The molecule has 29 heavy (non-hydrogen) atoms. The average Bonchev–Trinajstić information content (AvgIpc) is 2.74. The molecule has 6 nitrogen and oxygen atoms in total. The number of fused-ring (bicyclic) bond motifs is 1. The van der Waals surface area contributed by atoms with Crippen molar-refractivity contribution in [3.8, 4) is 22.6 Å². The molecule has 0 radical (unpaired) electrons. The number of benzene rings is 1. The van der Waals surface area contributed by atoms with Gasteiger partial charge < -0.3 is 4.90 Å². The van der Waals surface area contributed by atoms with E-state index in [9.17, 15) is 4.79 Å². The van der Waals surface area contributed by atoms with Gasteiger partial charge in [-0.1, -0.05) is 11.6 Å². The zero-order valence-corrected chi connectivity index (χ0v) is 16.8. The number of amides is 1. The fraction of sp³-hybridized carbons (Fsp3) is 0.174. The van der Waals surface area contributed by atoms with Crippen molar-refractivity contribution in [2.75, 3.05) is 14.1 Å². The summed E-state index contributed by atoms with van der Waals surface area (Å²) in [6, 6.07) is 9.73. The van der Waals surface area contributed by atoms with E-state index in [1.807, 2.05) is 44.2 Å². The highest BCUT2D eigenvalue weighted by atomic mass is 16.2. The van der Waals surface area contributed by atoms with Crippen molar-refractivity contribution in [2.24, 2.45) is 0 Å². The van der Waals surface area contributed by atoms with Crippen LogP contribution in [0.4, 0.5) is 0 Å². The third-order valence-electron chi connectivity index (χ3n) is 4.85. The summed E-state index contributed by atoms with van der Waals surface area (Å²) in [5, 5.41) is 0.859. The Hall–Kier alpha value is -3.67. The standard InChI is InChI=1S/C23H21N5O/c1-14-7-8-19-18(10-14)20(23(29)28(3)4)15(2)21(27-19)17-12-25-22(26-13-17)16-6-5-9-24-11-16/h5-13H,1-4H3. The van der Waals surface area contributed by atoms with Crippen LogP contribution in [0.5, 0.6) is 0 Å². The van der Waals surface area contributed by atoms with Crippen molar-refractivity contribution in [3.63, 3.8) is 0 Å². The molecule has 0 spiro atoms. The van der Waals surface area contributed by atoms with E-state index in [1.54, 1.807) is 43.8 Å². The lowest BCUT2D eigenvalue weighted by atomic mass is 9.97. The molecule has 3 aromatic heterocycles. The summed E-state index contributed by atoms with van der Waals surface area (Å²) in [7, 11) is 3.52. The smallest absolute Gasteiger partial charge is 0.254 e. The first-order chi connectivity index (χ1) is 14.0. The minimum Gasteiger partial charge on any atom is -0.345 e. The normalized spacial score (nSPS) is 10.9. The molecular weight excluding hydrogens is 362 g/mol. The number of hydrogen-bond donors (Lipinski definition) is 0. The van der Waals surface area contributed by atoms with E-state index in [0.29, 0.717) is 17.1 Å². The van der Waals surface area contributed by atoms with Crippen LogP contribution in [-0.4, -0.2) is 44.8 Å². The van der Waals surface area contributed by atoms with E-state index in [0.717, 1.165) is 33.2 Å². The highest BCUT2D eigenvalue weighted by Gasteiger charge is 2.20. The Balaban J connectivity index is 1.89. The number of aromatic nitrogens is 4. The van der Waals surface area contributed by atoms with E-state index in [-0.39, 0.29) is 5.91 Å². The molecule has 1 aromatic carbocycles. The Kier molecular flexibility index (Phi) is 4.76. The van der Waals surface area contributed by atoms with Crippen molar-refractivity contribution >= 4 is 16.8 Å². The van der Waals surface area contributed by atoms with E-state index in [2.05, 4.69) is 15.0 Å². The van der Waals surface area contributed by atoms with Crippen LogP contribution in [0.1, 0.15) is 21.5 Å². The third kappa shape index (κ3) is 3.45. The minimum atomic E-state index is -0.0466. The SMILES string of the molecule is Cc1ccc2nc(-c3cnc(-c4cccnc4)nc3)c(C)c(C(=O)N(C)C)c2c1. The summed E-state index contributed by atoms with van der Waals surface area (Å²) in [4.78, 5) is 32.5. The third-order valence-corrected chi connectivity index (χ3v) is 4.85. The molecule has 0 atom stereocenters. The molecular formula is C23H21N5O. The predicted molar refractivity (Wildman–Crippen MR) is 113 cm³/mol. The molecule has 0 aliphatic carbocycles. The Morgan fingerprint density at radius 3 is 2.38 bits per heavy atom. The summed E-state index contributed by atoms with van der Waals surface area (Å²) >= 11 is 0. The molecule has 0 aliphatic heterocycles. The highest BCUT2D eigenvalue weighted by Crippen LogP contribution is 2.30. The van der Waals surface area contributed by atoms with Crippen LogP contribution in [0.25, 0.3) is 33.5 Å². The van der Waals surface area contributed by atoms with Crippen molar-refractivity contribution in [1.29, 1.82) is 0 Å². The van der Waals surface area contributed by atoms with Gasteiger partial charge in [-0.05, 0) is 43.7 Å². The number of rotatable bonds is 3. The van der Waals surface area contributed by atoms with Gasteiger partial charge in [0.25, 0.3) is 5.91 Å². The number of carbonyl (C=O) groups excluding carboxylic acids is 1. The second kappa shape index (κ2) is 7.39. The lowest BCUT2D eigenvalue weighted by molar-refractivity contribution is 0.0829. The second-order valence-electron chi connectivity index (χ2n) is 7.22. The molecule has 0 saturated heterocycles. The summed E-state index contributed by atoms with van der Waals surface area (Å²) in [5.74, 6) is 0.551. The first-order valence-corrected chi connectivity index (χ1v) is 9.31. The van der Waals surface area contributed by atoms with Crippen LogP contribution in [-0.2, 0) is 0 Å². The fourth-order valence-corrected chi connectivity index (χ4v) is 3.35. The quantitative estimate of drug-likeness (QED) is 0.533. The van der Waals surface area contributed by atoms with Gasteiger partial charge in [-0.3, -0.25) is 9.78 Å². The van der Waals surface area contributed by atoms with Crippen LogP contribution in [0.15, 0.2) is 55.1 Å². The van der Waals surface area contributed by atoms with Crippen LogP contribution in [0.2, 0.25) is 0 Å². The molecule has 0 unspecified atom stereocenters. The van der Waals surface area contributed by atoms with Crippen LogP contribution in [0.3, 0.4) is 0 Å². The zero-order chi connectivity index (χ0) is 20.5. The maximum Gasteiger partial charge on any atom is 0.254 e. The maximum absolute atomic E-state index is 13.0. The summed E-state index contributed by atoms with van der Waals surface area (Å²) < 4.78 is 0. The molecule has 3 heterocycles. The van der Waals surface area contributed by atoms with Gasteiger partial charge in [-0.2, -0.15) is 0 Å². The van der Waals surface area contributed by atoms with Crippen LogP contribution in [0, 0.1) is 13.8 Å². The first-order valence-electron chi connectivity index (χ1n) is 9.31. The van der Waals surface area contributed by atoms with Gasteiger partial charge in [0, 0.05) is 55.4 Å². The molecule has 0 fully saturated rings. The molecule has 0 saturated carbocycles. The van der Waals surface area contributed by atoms with Gasteiger partial charge in [0.15, 0.2) is 5.82 Å². The number of carbonyl (C=O) groups is 1. The lowest BCUT2D eigenvalue weighted by Crippen LogP contribution is -2.23. The van der Waals surface area contributed by atoms with E-state index in [4.69, 9.17) is 4.98 Å². The van der Waals surface area contributed by atoms with Gasteiger partial charge in [-0.15, -0.1) is 0 Å². The largest absolute Gasteiger partial charge is 0.345 e. The lowest BCUT2D eigenvalue weighted by Gasteiger charge is -2.17. The summed E-state index contributed by atoms with van der Waals surface area (Å²) in [5.41, 5.74) is 5.67. The Morgan fingerprint density at radius 1 is 0.966 bits per heavy atom. The first kappa shape index (κ1) is 18.7. The molecule has 1 amide bonds. The van der Waals surface area contributed by atoms with Crippen molar-refractivity contribution in [2.45, 2.75) is 13.8 Å². The van der Waals surface area contributed by atoms with Crippen LogP contribution >= 0.6 is 0 Å². The van der Waals surface area contributed by atoms with Crippen LogP contribution < -0.4 is 0 Å². The predicted octanol–water partition coefficient (Wildman–Crippen LogP) is 4.07. The number of nitrogens with zero attached hydrogens (tertiary/aromatic N) is 5. The Morgan fingerprint density at radius 2 is 1.72 bits per heavy atom. The van der Waals surface area contributed by atoms with Gasteiger partial charge in [0.2, 0.25) is 0 Å². The number of hydrogen-bond acceptors (Lipinski definition) is 5. The summed E-state index contributed by atoms with van der Waals surface area (Å²) in [6.07, 6.45) is 6.93. The number of aryl methyl sites for hydroxylation is 1. The molecule has 6 heteroatoms. The Labute approximate surface area is 169 Å². The molecule has 0 N–H and O–H groups in total. The van der Waals surface area contributed by atoms with Crippen molar-refractivity contribution in [1.82, 2.24) is 24.8 Å². The van der Waals surface area contributed by atoms with Gasteiger partial charge >= 0.3 is 0 Å². The molecule has 4 aromatic rings. The average molecular weight is 383 g/mol. The van der Waals surface area contributed by atoms with E-state index in [1.165, 1.54) is 0 Å². The van der Waals surface area contributed by atoms with Crippen molar-refractivity contribution in [3.05, 3.63) is 71.8 Å². The zero-order valence-electron chi connectivity index (χ0n) is 16.8. The minimum absolute atomic E-state index is 0.0466. The monoisotopic (exact) mass is 383 g/mol. The number of pyridine rings is 2. The Bertz CT molecular complexity index is 1200.